The van der Waals surface area contributed by atoms with Crippen LogP contribution in [0.3, 0.4) is 0 Å². The normalized spacial score (nSPS) is 14.7. The quantitative estimate of drug-likeness (QED) is 0.490. The molecule has 0 radical (unpaired) electrons. The number of fused-ring (bicyclic) bond motifs is 7. The van der Waals surface area contributed by atoms with Gasteiger partial charge in [-0.05, 0) is 79.8 Å². The molecule has 0 fully saturated rings. The molecule has 0 unspecified atom stereocenters. The average Bonchev–Trinajstić information content (AvgIpc) is 3.02. The highest BCUT2D eigenvalue weighted by molar-refractivity contribution is 5.98. The van der Waals surface area contributed by atoms with E-state index < -0.39 is 0 Å². The third-order valence-electron chi connectivity index (χ3n) is 6.48. The number of anilines is 2. The van der Waals surface area contributed by atoms with Crippen molar-refractivity contribution in [3.05, 3.63) is 82.4 Å². The Bertz CT molecular complexity index is 1200. The minimum Gasteiger partial charge on any atom is -0.459 e. The summed E-state index contributed by atoms with van der Waals surface area (Å²) in [4.78, 5) is 17.8. The molecular weight excluding hydrogens is 396 g/mol. The molecule has 3 aromatic carbocycles. The Kier molecular flexibility index (Phi) is 5.16. The molecule has 0 N–H and O–H groups in total. The second kappa shape index (κ2) is 8.01. The predicted molar refractivity (Wildman–Crippen MR) is 130 cm³/mol. The van der Waals surface area contributed by atoms with Gasteiger partial charge < -0.3 is 14.5 Å². The summed E-state index contributed by atoms with van der Waals surface area (Å²) >= 11 is 0. The minimum absolute atomic E-state index is 0.147. The van der Waals surface area contributed by atoms with Crippen molar-refractivity contribution in [3.8, 4) is 11.1 Å². The monoisotopic (exact) mass is 426 g/mol. The van der Waals surface area contributed by atoms with Gasteiger partial charge in [-0.1, -0.05) is 35.9 Å². The first-order chi connectivity index (χ1) is 15.4. The van der Waals surface area contributed by atoms with Crippen LogP contribution in [-0.4, -0.2) is 25.2 Å². The van der Waals surface area contributed by atoms with E-state index in [-0.39, 0.29) is 12.1 Å². The Labute approximate surface area is 190 Å². The molecule has 4 nitrogen and oxygen atoms in total. The summed E-state index contributed by atoms with van der Waals surface area (Å²) in [6.07, 6.45) is -0.147. The van der Waals surface area contributed by atoms with Gasteiger partial charge in [0.05, 0.1) is 11.7 Å². The fourth-order valence-electron chi connectivity index (χ4n) is 5.05. The van der Waals surface area contributed by atoms with Gasteiger partial charge in [0.2, 0.25) is 0 Å². The maximum atomic E-state index is 12.8. The lowest BCUT2D eigenvalue weighted by atomic mass is 9.92. The number of carbonyl (C=O) groups excluding carboxylic acids is 1. The molecule has 0 atom stereocenters. The van der Waals surface area contributed by atoms with Gasteiger partial charge in [0.15, 0.2) is 0 Å². The molecule has 3 aromatic rings. The third-order valence-corrected chi connectivity index (χ3v) is 6.48. The number of nitrogens with zero attached hydrogens (tertiary/aromatic N) is 2. The van der Waals surface area contributed by atoms with E-state index in [9.17, 15) is 4.79 Å². The van der Waals surface area contributed by atoms with Crippen LogP contribution in [0.5, 0.6) is 0 Å². The van der Waals surface area contributed by atoms with Crippen LogP contribution in [-0.2, 0) is 17.8 Å². The molecule has 2 aliphatic heterocycles. The molecule has 4 heteroatoms. The summed E-state index contributed by atoms with van der Waals surface area (Å²) in [6, 6.07) is 19.3. The number of aryl methyl sites for hydroxylation is 2. The van der Waals surface area contributed by atoms with Crippen molar-refractivity contribution in [2.75, 3.05) is 22.9 Å². The van der Waals surface area contributed by atoms with Crippen molar-refractivity contribution < 1.29 is 9.53 Å². The second-order valence-corrected chi connectivity index (χ2v) is 9.27. The number of ether oxygens (including phenoxy) is 1. The van der Waals surface area contributed by atoms with Gasteiger partial charge >= 0.3 is 5.97 Å². The Balaban J connectivity index is 1.58. The maximum Gasteiger partial charge on any atom is 0.339 e. The van der Waals surface area contributed by atoms with Crippen LogP contribution in [0.15, 0.2) is 54.6 Å². The first kappa shape index (κ1) is 20.6. The first-order valence-electron chi connectivity index (χ1n) is 11.4. The number of benzene rings is 3. The van der Waals surface area contributed by atoms with Crippen molar-refractivity contribution in [1.82, 2.24) is 0 Å². The van der Waals surface area contributed by atoms with Gasteiger partial charge in [0.1, 0.15) is 0 Å². The molecule has 0 saturated carbocycles. The standard InChI is InChI=1S/C28H30N2O2/c1-18(2)32-28(31)24-7-5-6-20(4)27(24)21-9-11-26-23(15-21)17-30-13-12-29(26)16-22-14-19(3)8-10-25(22)30/h5-11,14-15,18H,12-13,16-17H2,1-4H3. The smallest absolute Gasteiger partial charge is 0.339 e. The third kappa shape index (κ3) is 3.64. The summed E-state index contributed by atoms with van der Waals surface area (Å²) < 4.78 is 5.54. The van der Waals surface area contributed by atoms with Crippen molar-refractivity contribution in [1.29, 1.82) is 0 Å². The van der Waals surface area contributed by atoms with Gasteiger partial charge in [-0.2, -0.15) is 0 Å². The van der Waals surface area contributed by atoms with Crippen molar-refractivity contribution in [2.45, 2.75) is 46.9 Å². The lowest BCUT2D eigenvalue weighted by Crippen LogP contribution is -2.26. The lowest BCUT2D eigenvalue weighted by molar-refractivity contribution is 0.0378. The van der Waals surface area contributed by atoms with Crippen LogP contribution in [0.4, 0.5) is 11.4 Å². The van der Waals surface area contributed by atoms with Crippen molar-refractivity contribution >= 4 is 17.3 Å². The minimum atomic E-state index is -0.262. The SMILES string of the molecule is Cc1ccc2c(c1)CN1CCN2Cc2cc(-c3c(C)cccc3C(=O)OC(C)C)ccc21. The van der Waals surface area contributed by atoms with Gasteiger partial charge in [-0.25, -0.2) is 4.79 Å². The molecule has 164 valence electrons. The van der Waals surface area contributed by atoms with E-state index in [1.165, 1.54) is 28.1 Å². The molecule has 0 saturated heterocycles. The van der Waals surface area contributed by atoms with E-state index in [0.29, 0.717) is 5.56 Å². The zero-order valence-electron chi connectivity index (χ0n) is 19.3. The summed E-state index contributed by atoms with van der Waals surface area (Å²) in [5.74, 6) is -0.262. The Morgan fingerprint density at radius 1 is 0.875 bits per heavy atom. The molecule has 0 aromatic heterocycles. The van der Waals surface area contributed by atoms with Gasteiger partial charge in [-0.3, -0.25) is 0 Å². The largest absolute Gasteiger partial charge is 0.459 e. The number of carbonyl (C=O) groups is 1. The zero-order valence-corrected chi connectivity index (χ0v) is 19.3. The highest BCUT2D eigenvalue weighted by Gasteiger charge is 2.27. The maximum absolute atomic E-state index is 12.8. The second-order valence-electron chi connectivity index (χ2n) is 9.27. The van der Waals surface area contributed by atoms with Crippen LogP contribution in [0.25, 0.3) is 11.1 Å². The fourth-order valence-corrected chi connectivity index (χ4v) is 5.05. The van der Waals surface area contributed by atoms with Crippen LogP contribution < -0.4 is 9.80 Å². The van der Waals surface area contributed by atoms with E-state index in [4.69, 9.17) is 4.74 Å². The average molecular weight is 427 g/mol. The van der Waals surface area contributed by atoms with Crippen LogP contribution >= 0.6 is 0 Å². The van der Waals surface area contributed by atoms with Crippen LogP contribution in [0, 0.1) is 13.8 Å². The highest BCUT2D eigenvalue weighted by atomic mass is 16.5. The molecule has 2 aliphatic rings. The summed E-state index contributed by atoms with van der Waals surface area (Å²) in [6.45, 7) is 11.8. The van der Waals surface area contributed by atoms with E-state index in [1.54, 1.807) is 0 Å². The Hall–Kier alpha value is -3.27. The van der Waals surface area contributed by atoms with Gasteiger partial charge in [0.25, 0.3) is 0 Å². The zero-order chi connectivity index (χ0) is 22.4. The molecule has 0 amide bonds. The molecule has 32 heavy (non-hydrogen) atoms. The fraction of sp³-hybridized carbons (Fsp3) is 0.321. The highest BCUT2D eigenvalue weighted by Crippen LogP contribution is 2.38. The number of hydrogen-bond acceptors (Lipinski definition) is 4. The molecule has 0 aliphatic carbocycles. The van der Waals surface area contributed by atoms with E-state index in [1.807, 2.05) is 26.0 Å². The van der Waals surface area contributed by atoms with E-state index in [2.05, 4.69) is 66.1 Å². The van der Waals surface area contributed by atoms with E-state index in [0.717, 1.165) is 42.9 Å². The molecule has 0 spiro atoms. The molecular formula is C28H30N2O2. The first-order valence-corrected chi connectivity index (χ1v) is 11.4. The topological polar surface area (TPSA) is 32.8 Å². The van der Waals surface area contributed by atoms with Crippen LogP contribution in [0.2, 0.25) is 0 Å². The van der Waals surface area contributed by atoms with Gasteiger partial charge in [-0.15, -0.1) is 0 Å². The number of rotatable bonds is 3. The molecule has 5 rings (SSSR count). The van der Waals surface area contributed by atoms with E-state index >= 15 is 0 Å². The van der Waals surface area contributed by atoms with Crippen molar-refractivity contribution in [3.63, 3.8) is 0 Å². The Morgan fingerprint density at radius 2 is 1.53 bits per heavy atom. The number of hydrogen-bond donors (Lipinski definition) is 0. The number of esters is 1. The molecule has 2 heterocycles. The summed E-state index contributed by atoms with van der Waals surface area (Å²) in [5.41, 5.74) is 10.4. The lowest BCUT2D eigenvalue weighted by Gasteiger charge is -2.28. The van der Waals surface area contributed by atoms with Crippen molar-refractivity contribution in [2.24, 2.45) is 0 Å². The predicted octanol–water partition coefficient (Wildman–Crippen LogP) is 5.88. The molecule has 2 bridgehead atoms. The van der Waals surface area contributed by atoms with Gasteiger partial charge in [0, 0.05) is 37.6 Å². The Morgan fingerprint density at radius 3 is 2.22 bits per heavy atom. The summed E-state index contributed by atoms with van der Waals surface area (Å²) in [7, 11) is 0. The van der Waals surface area contributed by atoms with Crippen LogP contribution in [0.1, 0.15) is 46.5 Å². The summed E-state index contributed by atoms with van der Waals surface area (Å²) in [5, 5.41) is 0.